The Balaban J connectivity index is 1.93. The molecule has 0 heterocycles. The zero-order valence-electron chi connectivity index (χ0n) is 14.0. The molecular weight excluding hydrogens is 351 g/mol. The third-order valence-corrected chi connectivity index (χ3v) is 3.33. The van der Waals surface area contributed by atoms with Crippen molar-refractivity contribution in [2.75, 3.05) is 5.32 Å². The summed E-state index contributed by atoms with van der Waals surface area (Å²) in [6.45, 7) is 2.63. The molecule has 0 saturated heterocycles. The second kappa shape index (κ2) is 8.37. The number of hydrogen-bond acceptors (Lipinski definition) is 4. The van der Waals surface area contributed by atoms with Gasteiger partial charge in [0.1, 0.15) is 28.9 Å². The Morgan fingerprint density at radius 1 is 0.923 bits per heavy atom. The fourth-order valence-electron chi connectivity index (χ4n) is 1.93. The highest BCUT2D eigenvalue weighted by Crippen LogP contribution is 2.19. The minimum atomic E-state index is -1.32. The number of esters is 1. The summed E-state index contributed by atoms with van der Waals surface area (Å²) in [6.07, 6.45) is -2.40. The second-order valence-electron chi connectivity index (χ2n) is 5.38. The molecule has 0 aliphatic carbocycles. The smallest absolute Gasteiger partial charge is 0.347 e. The minimum Gasteiger partial charge on any atom is -0.479 e. The number of amides is 1. The van der Waals surface area contributed by atoms with Crippen LogP contribution in [0.3, 0.4) is 0 Å². The summed E-state index contributed by atoms with van der Waals surface area (Å²) in [7, 11) is 0. The van der Waals surface area contributed by atoms with Gasteiger partial charge in [-0.1, -0.05) is 6.07 Å². The molecule has 2 rings (SSSR count). The monoisotopic (exact) mass is 367 g/mol. The molecule has 2 aromatic carbocycles. The van der Waals surface area contributed by atoms with E-state index in [1.165, 1.54) is 26.0 Å². The van der Waals surface area contributed by atoms with Crippen LogP contribution in [0, 0.1) is 17.5 Å². The summed E-state index contributed by atoms with van der Waals surface area (Å²) in [5.41, 5.74) is -0.629. The van der Waals surface area contributed by atoms with Crippen LogP contribution in [0.4, 0.5) is 18.9 Å². The van der Waals surface area contributed by atoms with E-state index < -0.39 is 47.2 Å². The first kappa shape index (κ1) is 19.3. The molecule has 0 spiro atoms. The van der Waals surface area contributed by atoms with Gasteiger partial charge < -0.3 is 14.8 Å². The van der Waals surface area contributed by atoms with E-state index in [1.807, 2.05) is 5.32 Å². The Kier molecular flexibility index (Phi) is 6.21. The van der Waals surface area contributed by atoms with Crippen LogP contribution in [0.1, 0.15) is 13.8 Å². The summed E-state index contributed by atoms with van der Waals surface area (Å²) in [5, 5.41) is 2.03. The van der Waals surface area contributed by atoms with Crippen molar-refractivity contribution in [2.24, 2.45) is 0 Å². The van der Waals surface area contributed by atoms with Crippen LogP contribution in [0.25, 0.3) is 0 Å². The number of anilines is 1. The maximum atomic E-state index is 13.5. The molecule has 0 aromatic heterocycles. The fourth-order valence-corrected chi connectivity index (χ4v) is 1.93. The number of carbonyl (C=O) groups is 2. The van der Waals surface area contributed by atoms with Gasteiger partial charge in [0.2, 0.25) is 0 Å². The summed E-state index contributed by atoms with van der Waals surface area (Å²) in [5.74, 6) is -3.91. The van der Waals surface area contributed by atoms with Crippen LogP contribution in [0.2, 0.25) is 0 Å². The SMILES string of the molecule is C[C@H](Oc1ccc(F)cc1)C(=O)O[C@H](C)C(=O)Nc1c(F)cccc1F. The number of para-hydroxylation sites is 1. The van der Waals surface area contributed by atoms with Crippen molar-refractivity contribution in [3.05, 3.63) is 59.9 Å². The lowest BCUT2D eigenvalue weighted by Gasteiger charge is -2.18. The molecule has 8 heteroatoms. The zero-order chi connectivity index (χ0) is 19.3. The van der Waals surface area contributed by atoms with Crippen LogP contribution < -0.4 is 10.1 Å². The van der Waals surface area contributed by atoms with Gasteiger partial charge in [-0.2, -0.15) is 0 Å². The van der Waals surface area contributed by atoms with E-state index in [4.69, 9.17) is 9.47 Å². The fraction of sp³-hybridized carbons (Fsp3) is 0.222. The summed E-state index contributed by atoms with van der Waals surface area (Å²) >= 11 is 0. The molecular formula is C18H16F3NO4. The molecule has 0 bridgehead atoms. The third kappa shape index (κ3) is 4.98. The molecule has 0 aliphatic heterocycles. The molecule has 0 fully saturated rings. The first-order valence-electron chi connectivity index (χ1n) is 7.65. The predicted octanol–water partition coefficient (Wildman–Crippen LogP) is 3.44. The molecule has 0 aliphatic rings. The number of halogens is 3. The van der Waals surface area contributed by atoms with Crippen molar-refractivity contribution in [3.63, 3.8) is 0 Å². The predicted molar refractivity (Wildman–Crippen MR) is 87.0 cm³/mol. The van der Waals surface area contributed by atoms with Crippen molar-refractivity contribution < 1.29 is 32.2 Å². The minimum absolute atomic E-state index is 0.237. The number of nitrogens with one attached hydrogen (secondary N) is 1. The molecule has 2 atom stereocenters. The molecule has 26 heavy (non-hydrogen) atoms. The van der Waals surface area contributed by atoms with Gasteiger partial charge in [-0.25, -0.2) is 18.0 Å². The quantitative estimate of drug-likeness (QED) is 0.795. The highest BCUT2D eigenvalue weighted by molar-refractivity contribution is 5.95. The van der Waals surface area contributed by atoms with Gasteiger partial charge >= 0.3 is 5.97 Å². The summed E-state index contributed by atoms with van der Waals surface area (Å²) in [4.78, 5) is 23.9. The van der Waals surface area contributed by atoms with Gasteiger partial charge in [0.25, 0.3) is 5.91 Å². The van der Waals surface area contributed by atoms with Gasteiger partial charge in [-0.15, -0.1) is 0 Å². The van der Waals surface area contributed by atoms with E-state index in [-0.39, 0.29) is 5.75 Å². The largest absolute Gasteiger partial charge is 0.479 e. The first-order chi connectivity index (χ1) is 12.3. The summed E-state index contributed by atoms with van der Waals surface area (Å²) < 4.78 is 50.1. The Bertz CT molecular complexity index is 775. The topological polar surface area (TPSA) is 64.6 Å². The van der Waals surface area contributed by atoms with E-state index in [1.54, 1.807) is 0 Å². The maximum Gasteiger partial charge on any atom is 0.347 e. The van der Waals surface area contributed by atoms with E-state index in [2.05, 4.69) is 0 Å². The van der Waals surface area contributed by atoms with Crippen molar-refractivity contribution in [2.45, 2.75) is 26.1 Å². The van der Waals surface area contributed by atoms with E-state index in [0.717, 1.165) is 30.3 Å². The van der Waals surface area contributed by atoms with E-state index >= 15 is 0 Å². The standard InChI is InChI=1S/C18H16F3NO4/c1-10(17(23)22-16-14(20)4-3-5-15(16)21)26-18(24)11(2)25-13-8-6-12(19)7-9-13/h3-11H,1-2H3,(H,22,23)/t10-,11+/m1/s1. The van der Waals surface area contributed by atoms with Crippen LogP contribution >= 0.6 is 0 Å². The van der Waals surface area contributed by atoms with Crippen molar-refractivity contribution >= 4 is 17.6 Å². The molecule has 5 nitrogen and oxygen atoms in total. The van der Waals surface area contributed by atoms with E-state index in [0.29, 0.717) is 0 Å². The van der Waals surface area contributed by atoms with Crippen molar-refractivity contribution in [3.8, 4) is 5.75 Å². The van der Waals surface area contributed by atoms with Crippen molar-refractivity contribution in [1.82, 2.24) is 0 Å². The zero-order valence-corrected chi connectivity index (χ0v) is 14.0. The van der Waals surface area contributed by atoms with Gasteiger partial charge in [0, 0.05) is 0 Å². The molecule has 0 radical (unpaired) electrons. The first-order valence-corrected chi connectivity index (χ1v) is 7.65. The molecule has 0 saturated carbocycles. The van der Waals surface area contributed by atoms with Gasteiger partial charge in [-0.05, 0) is 50.2 Å². The van der Waals surface area contributed by atoms with Crippen molar-refractivity contribution in [1.29, 1.82) is 0 Å². The highest BCUT2D eigenvalue weighted by Gasteiger charge is 2.24. The lowest BCUT2D eigenvalue weighted by Crippen LogP contribution is -2.35. The summed E-state index contributed by atoms with van der Waals surface area (Å²) in [6, 6.07) is 8.09. The Morgan fingerprint density at radius 2 is 1.50 bits per heavy atom. The highest BCUT2D eigenvalue weighted by atomic mass is 19.1. The number of benzene rings is 2. The maximum absolute atomic E-state index is 13.5. The lowest BCUT2D eigenvalue weighted by atomic mass is 10.2. The Hall–Kier alpha value is -3.03. The Morgan fingerprint density at radius 3 is 2.08 bits per heavy atom. The Labute approximate surface area is 147 Å². The third-order valence-electron chi connectivity index (χ3n) is 3.33. The van der Waals surface area contributed by atoms with Crippen LogP contribution in [-0.2, 0) is 14.3 Å². The number of ether oxygens (including phenoxy) is 2. The van der Waals surface area contributed by atoms with Gasteiger partial charge in [0.15, 0.2) is 12.2 Å². The molecule has 0 unspecified atom stereocenters. The number of rotatable bonds is 6. The lowest BCUT2D eigenvalue weighted by molar-refractivity contribution is -0.159. The molecule has 138 valence electrons. The van der Waals surface area contributed by atoms with Crippen LogP contribution in [0.15, 0.2) is 42.5 Å². The van der Waals surface area contributed by atoms with Gasteiger partial charge in [-0.3, -0.25) is 4.79 Å². The average molecular weight is 367 g/mol. The molecule has 1 N–H and O–H groups in total. The van der Waals surface area contributed by atoms with Gasteiger partial charge in [0.05, 0.1) is 0 Å². The average Bonchev–Trinajstić information content (AvgIpc) is 2.59. The van der Waals surface area contributed by atoms with E-state index in [9.17, 15) is 22.8 Å². The molecule has 1 amide bonds. The van der Waals surface area contributed by atoms with Crippen LogP contribution in [-0.4, -0.2) is 24.1 Å². The number of carbonyl (C=O) groups excluding carboxylic acids is 2. The second-order valence-corrected chi connectivity index (χ2v) is 5.38. The molecule has 2 aromatic rings. The number of hydrogen-bond donors (Lipinski definition) is 1. The normalized spacial score (nSPS) is 12.8. The van der Waals surface area contributed by atoms with Crippen LogP contribution in [0.5, 0.6) is 5.75 Å².